The van der Waals surface area contributed by atoms with Crippen molar-refractivity contribution in [3.63, 3.8) is 0 Å². The van der Waals surface area contributed by atoms with Gasteiger partial charge in [0.2, 0.25) is 5.91 Å². The fraction of sp³-hybridized carbons (Fsp3) is 0.923. The second kappa shape index (κ2) is 5.57. The molecule has 3 atom stereocenters. The predicted octanol–water partition coefficient (Wildman–Crippen LogP) is 2.01. The smallest absolute Gasteiger partial charge is 0.240 e. The molecule has 0 radical (unpaired) electrons. The number of alkyl halides is 1. The Morgan fingerprint density at radius 2 is 2.18 bits per heavy atom. The lowest BCUT2D eigenvalue weighted by Gasteiger charge is -2.37. The Labute approximate surface area is 108 Å². The average molecular weight is 260 g/mol. The number of amides is 1. The molecule has 1 amide bonds. The number of hydrogen-bond acceptors (Lipinski definition) is 2. The molecule has 1 N–H and O–H groups in total. The van der Waals surface area contributed by atoms with Crippen molar-refractivity contribution < 1.29 is 9.90 Å². The number of piperidine rings is 1. The summed E-state index contributed by atoms with van der Waals surface area (Å²) in [5.41, 5.74) is 0. The lowest BCUT2D eigenvalue weighted by atomic mass is 9.89. The maximum atomic E-state index is 12.0. The third-order valence-corrected chi connectivity index (χ3v) is 4.46. The number of likely N-dealkylation sites (tertiary alicyclic amines) is 1. The zero-order valence-electron chi connectivity index (χ0n) is 10.4. The molecule has 2 fully saturated rings. The molecule has 1 heterocycles. The van der Waals surface area contributed by atoms with Gasteiger partial charge in [0, 0.05) is 19.0 Å². The first-order chi connectivity index (χ1) is 8.11. The molecule has 4 heteroatoms. The van der Waals surface area contributed by atoms with Gasteiger partial charge in [-0.3, -0.25) is 4.79 Å². The van der Waals surface area contributed by atoms with E-state index in [1.165, 1.54) is 12.8 Å². The number of aliphatic hydroxyl groups is 1. The third kappa shape index (κ3) is 3.35. The molecule has 2 aliphatic rings. The lowest BCUT2D eigenvalue weighted by molar-refractivity contribution is -0.134. The van der Waals surface area contributed by atoms with Gasteiger partial charge in [-0.05, 0) is 25.2 Å². The van der Waals surface area contributed by atoms with Crippen molar-refractivity contribution in [3.8, 4) is 0 Å². The first-order valence-electron chi connectivity index (χ1n) is 6.72. The van der Waals surface area contributed by atoms with Gasteiger partial charge in [-0.1, -0.05) is 19.8 Å². The highest BCUT2D eigenvalue weighted by atomic mass is 35.5. The van der Waals surface area contributed by atoms with Gasteiger partial charge in [-0.25, -0.2) is 0 Å². The van der Waals surface area contributed by atoms with Crippen LogP contribution in [-0.4, -0.2) is 40.5 Å². The van der Waals surface area contributed by atoms with Gasteiger partial charge in [-0.2, -0.15) is 0 Å². The molecule has 98 valence electrons. The number of rotatable bonds is 4. The highest BCUT2D eigenvalue weighted by Crippen LogP contribution is 2.38. The third-order valence-electron chi connectivity index (χ3n) is 3.96. The number of aliphatic hydroxyl groups excluding tert-OH is 1. The van der Waals surface area contributed by atoms with Crippen LogP contribution in [0.25, 0.3) is 0 Å². The fourth-order valence-electron chi connectivity index (χ4n) is 2.61. The van der Waals surface area contributed by atoms with E-state index in [9.17, 15) is 9.90 Å². The Kier molecular flexibility index (Phi) is 4.31. The van der Waals surface area contributed by atoms with Crippen LogP contribution in [0.5, 0.6) is 0 Å². The van der Waals surface area contributed by atoms with Crippen LogP contribution in [0.2, 0.25) is 0 Å². The molecule has 2 rings (SSSR count). The highest BCUT2D eigenvalue weighted by molar-refractivity contribution is 6.30. The van der Waals surface area contributed by atoms with Crippen LogP contribution < -0.4 is 0 Å². The van der Waals surface area contributed by atoms with E-state index >= 15 is 0 Å². The minimum atomic E-state index is -0.396. The van der Waals surface area contributed by atoms with E-state index in [1.807, 2.05) is 11.8 Å². The van der Waals surface area contributed by atoms with Crippen molar-refractivity contribution in [2.75, 3.05) is 13.1 Å². The normalized spacial score (nSPS) is 31.4. The first kappa shape index (κ1) is 13.2. The molecular formula is C13H22ClNO2. The Morgan fingerprint density at radius 1 is 1.47 bits per heavy atom. The monoisotopic (exact) mass is 259 g/mol. The minimum absolute atomic E-state index is 0.0434. The summed E-state index contributed by atoms with van der Waals surface area (Å²) in [5.74, 6) is 1.10. The summed E-state index contributed by atoms with van der Waals surface area (Å²) in [5, 5.41) is 9.57. The summed E-state index contributed by atoms with van der Waals surface area (Å²) in [6.07, 6.45) is 4.82. The standard InChI is InChI=1S/C13H22ClNO2/c1-2-11(14)13(17)15-6-5-12(16)10(8-15)7-9-3-4-9/h9-12,16H,2-8H2,1H3/t10-,11-,12+/m0/s1. The molecular weight excluding hydrogens is 238 g/mol. The molecule has 1 aliphatic heterocycles. The van der Waals surface area contributed by atoms with Crippen LogP contribution in [0.15, 0.2) is 0 Å². The molecule has 1 aliphatic carbocycles. The van der Waals surface area contributed by atoms with Crippen LogP contribution in [0.3, 0.4) is 0 Å². The number of carbonyl (C=O) groups is 1. The zero-order chi connectivity index (χ0) is 12.4. The maximum Gasteiger partial charge on any atom is 0.240 e. The molecule has 0 aromatic rings. The van der Waals surface area contributed by atoms with Gasteiger partial charge in [-0.15, -0.1) is 11.6 Å². The first-order valence-corrected chi connectivity index (χ1v) is 7.16. The van der Waals surface area contributed by atoms with E-state index in [-0.39, 0.29) is 17.9 Å². The SMILES string of the molecule is CC[C@H](Cl)C(=O)N1CC[C@@H](O)[C@@H](CC2CC2)C1. The summed E-state index contributed by atoms with van der Waals surface area (Å²) >= 11 is 6.00. The molecule has 1 saturated carbocycles. The molecule has 0 aromatic carbocycles. The van der Waals surface area contributed by atoms with Gasteiger partial charge in [0.05, 0.1) is 6.10 Å². The van der Waals surface area contributed by atoms with Crippen molar-refractivity contribution in [3.05, 3.63) is 0 Å². The van der Waals surface area contributed by atoms with E-state index in [0.717, 1.165) is 12.3 Å². The minimum Gasteiger partial charge on any atom is -0.393 e. The average Bonchev–Trinajstić information content (AvgIpc) is 3.14. The van der Waals surface area contributed by atoms with Gasteiger partial charge in [0.15, 0.2) is 0 Å². The largest absolute Gasteiger partial charge is 0.393 e. The second-order valence-electron chi connectivity index (χ2n) is 5.46. The summed E-state index contributed by atoms with van der Waals surface area (Å²) in [4.78, 5) is 13.8. The van der Waals surface area contributed by atoms with E-state index in [4.69, 9.17) is 11.6 Å². The number of halogens is 1. The number of hydrogen-bond donors (Lipinski definition) is 1. The Bertz CT molecular complexity index is 281. The predicted molar refractivity (Wildman–Crippen MR) is 68.0 cm³/mol. The molecule has 0 unspecified atom stereocenters. The lowest BCUT2D eigenvalue weighted by Crippen LogP contribution is -2.48. The van der Waals surface area contributed by atoms with E-state index in [2.05, 4.69) is 0 Å². The van der Waals surface area contributed by atoms with Crippen LogP contribution >= 0.6 is 11.6 Å². The van der Waals surface area contributed by atoms with Crippen LogP contribution in [0.4, 0.5) is 0 Å². The number of nitrogens with zero attached hydrogens (tertiary/aromatic N) is 1. The summed E-state index contributed by atoms with van der Waals surface area (Å²) < 4.78 is 0. The molecule has 0 bridgehead atoms. The van der Waals surface area contributed by atoms with Crippen LogP contribution in [0, 0.1) is 11.8 Å². The quantitative estimate of drug-likeness (QED) is 0.785. The van der Waals surface area contributed by atoms with E-state index in [0.29, 0.717) is 25.9 Å². The van der Waals surface area contributed by atoms with Crippen molar-refractivity contribution in [2.24, 2.45) is 11.8 Å². The second-order valence-corrected chi connectivity index (χ2v) is 5.98. The Balaban J connectivity index is 1.89. The van der Waals surface area contributed by atoms with Gasteiger partial charge < -0.3 is 10.0 Å². The maximum absolute atomic E-state index is 12.0. The van der Waals surface area contributed by atoms with E-state index in [1.54, 1.807) is 0 Å². The van der Waals surface area contributed by atoms with Crippen molar-refractivity contribution in [1.82, 2.24) is 4.90 Å². The molecule has 17 heavy (non-hydrogen) atoms. The number of carbonyl (C=O) groups excluding carboxylic acids is 1. The van der Waals surface area contributed by atoms with Gasteiger partial charge in [0.1, 0.15) is 5.38 Å². The molecule has 1 saturated heterocycles. The van der Waals surface area contributed by atoms with Gasteiger partial charge in [0.25, 0.3) is 0 Å². The Morgan fingerprint density at radius 3 is 2.76 bits per heavy atom. The molecule has 0 spiro atoms. The highest BCUT2D eigenvalue weighted by Gasteiger charge is 2.35. The van der Waals surface area contributed by atoms with Crippen LogP contribution in [-0.2, 0) is 4.79 Å². The summed E-state index contributed by atoms with van der Waals surface area (Å²) in [7, 11) is 0. The Hall–Kier alpha value is -0.280. The van der Waals surface area contributed by atoms with Gasteiger partial charge >= 0.3 is 0 Å². The molecule has 3 nitrogen and oxygen atoms in total. The van der Waals surface area contributed by atoms with E-state index < -0.39 is 5.38 Å². The van der Waals surface area contributed by atoms with Crippen molar-refractivity contribution in [1.29, 1.82) is 0 Å². The molecule has 0 aromatic heterocycles. The summed E-state index contributed by atoms with van der Waals surface area (Å²) in [6, 6.07) is 0. The topological polar surface area (TPSA) is 40.5 Å². The van der Waals surface area contributed by atoms with Crippen molar-refractivity contribution in [2.45, 2.75) is 50.5 Å². The fourth-order valence-corrected chi connectivity index (χ4v) is 2.74. The van der Waals surface area contributed by atoms with Crippen molar-refractivity contribution >= 4 is 17.5 Å². The summed E-state index contributed by atoms with van der Waals surface area (Å²) in [6.45, 7) is 3.28. The zero-order valence-corrected chi connectivity index (χ0v) is 11.2. The van der Waals surface area contributed by atoms with Crippen LogP contribution in [0.1, 0.15) is 39.0 Å².